The lowest BCUT2D eigenvalue weighted by Crippen LogP contribution is -2.61. The predicted molar refractivity (Wildman–Crippen MR) is 213 cm³/mol. The molecule has 6 atom stereocenters. The van der Waals surface area contributed by atoms with Crippen molar-refractivity contribution in [3.05, 3.63) is 23.9 Å². The first kappa shape index (κ1) is 44.2. The minimum absolute atomic E-state index is 0.200. The Balaban J connectivity index is 1.34. The SMILES string of the molecule is CC[C@@H]1[C@@H](Oc2nc3cc(OC)ccc3nc2CCCCCC2CC2)CN(C(=O)[C@@H](NC(=O)O)C(C)(C)C)[C@@H]1C(=O)N[C@]1(C(=O)NS(=O)(=O)C2(C)CC2)C[C@H]1CC(F)F. The number of unbranched alkanes of at least 4 members (excludes halogenated alkanes) is 2. The van der Waals surface area contributed by atoms with Crippen LogP contribution < -0.4 is 24.8 Å². The lowest BCUT2D eigenvalue weighted by molar-refractivity contribution is -0.143. The van der Waals surface area contributed by atoms with Gasteiger partial charge in [-0.15, -0.1) is 0 Å². The van der Waals surface area contributed by atoms with Crippen molar-refractivity contribution in [1.29, 1.82) is 0 Å². The van der Waals surface area contributed by atoms with Crippen LogP contribution in [-0.2, 0) is 30.8 Å². The Morgan fingerprint density at radius 1 is 1.07 bits per heavy atom. The summed E-state index contributed by atoms with van der Waals surface area (Å²) in [6, 6.07) is 2.59. The van der Waals surface area contributed by atoms with E-state index in [-0.39, 0.29) is 25.3 Å². The van der Waals surface area contributed by atoms with E-state index >= 15 is 0 Å². The lowest BCUT2D eigenvalue weighted by atomic mass is 9.85. The van der Waals surface area contributed by atoms with Crippen LogP contribution in [0, 0.1) is 23.2 Å². The van der Waals surface area contributed by atoms with Gasteiger partial charge in [-0.1, -0.05) is 59.8 Å². The number of nitrogens with zero attached hydrogens (tertiary/aromatic N) is 3. The van der Waals surface area contributed by atoms with Crippen LogP contribution in [0.3, 0.4) is 0 Å². The molecule has 3 saturated carbocycles. The quantitative estimate of drug-likeness (QED) is 0.133. The lowest BCUT2D eigenvalue weighted by Gasteiger charge is -2.35. The van der Waals surface area contributed by atoms with Crippen LogP contribution in [0.5, 0.6) is 11.6 Å². The summed E-state index contributed by atoms with van der Waals surface area (Å²) in [4.78, 5) is 66.0. The number of hydrogen-bond donors (Lipinski definition) is 4. The van der Waals surface area contributed by atoms with Gasteiger partial charge in [-0.25, -0.2) is 32.0 Å². The Hall–Kier alpha value is -4.35. The van der Waals surface area contributed by atoms with Crippen molar-refractivity contribution in [2.45, 2.75) is 147 Å². The fraction of sp³-hybridized carbons (Fsp3) is 0.707. The molecule has 1 aromatic carbocycles. The molecule has 3 aliphatic carbocycles. The number of carbonyl (C=O) groups excluding carboxylic acids is 3. The minimum atomic E-state index is -4.20. The molecule has 0 unspecified atom stereocenters. The average molecular weight is 849 g/mol. The van der Waals surface area contributed by atoms with Gasteiger partial charge in [0.2, 0.25) is 34.1 Å². The van der Waals surface area contributed by atoms with Gasteiger partial charge in [-0.3, -0.25) is 19.1 Å². The smallest absolute Gasteiger partial charge is 0.405 e. The Labute approximate surface area is 344 Å². The molecule has 1 saturated heterocycles. The number of aromatic nitrogens is 2. The molecular formula is C41H58F2N6O9S. The van der Waals surface area contributed by atoms with Gasteiger partial charge in [0.25, 0.3) is 5.91 Å². The number of methoxy groups -OCH3 is 1. The summed E-state index contributed by atoms with van der Waals surface area (Å²) in [5, 5.41) is 14.7. The van der Waals surface area contributed by atoms with E-state index < -0.39 is 92.4 Å². The third-order valence-electron chi connectivity index (χ3n) is 12.5. The van der Waals surface area contributed by atoms with Gasteiger partial charge in [0.15, 0.2) is 0 Å². The number of hydrogen-bond acceptors (Lipinski definition) is 10. The number of benzene rings is 1. The standard InChI is InChI=1S/C41H58F2N6O9S/c1-7-26-30(58-35-28(12-10-8-9-11-23-13-14-23)44-27-16-15-25(57-6)20-29(27)45-35)22-49(36(51)33(39(2,3)4)46-38(53)54)32(26)34(50)47-41(21-24(41)19-31(42)43)37(52)48-59(55,56)40(5)17-18-40/h15-16,20,23-24,26,30-33,46H,7-14,17-19,21-22H2,1-6H3,(H,47,50)(H,48,52)(H,53,54)/t24-,26-,30+,32+,33-,41-/m1/s1. The molecule has 6 rings (SSSR count). The van der Waals surface area contributed by atoms with Crippen molar-refractivity contribution in [2.24, 2.45) is 23.2 Å². The maximum absolute atomic E-state index is 14.7. The minimum Gasteiger partial charge on any atom is -0.497 e. The van der Waals surface area contributed by atoms with E-state index in [0.717, 1.165) is 25.2 Å². The number of carboxylic acid groups (broad SMARTS) is 1. The largest absolute Gasteiger partial charge is 0.497 e. The van der Waals surface area contributed by atoms with Gasteiger partial charge < -0.3 is 30.1 Å². The Morgan fingerprint density at radius 3 is 2.37 bits per heavy atom. The van der Waals surface area contributed by atoms with E-state index in [9.17, 15) is 41.5 Å². The summed E-state index contributed by atoms with van der Waals surface area (Å²) in [6.45, 7) is 8.05. The summed E-state index contributed by atoms with van der Waals surface area (Å²) in [6.07, 6.45) is 1.84. The molecule has 0 spiro atoms. The topological polar surface area (TPSA) is 206 Å². The average Bonchev–Trinajstić information content (AvgIpc) is 4.11. The van der Waals surface area contributed by atoms with Crippen LogP contribution in [0.15, 0.2) is 18.2 Å². The molecule has 2 aromatic rings. The zero-order valence-electron chi connectivity index (χ0n) is 34.7. The highest BCUT2D eigenvalue weighted by atomic mass is 32.2. The molecule has 1 aliphatic heterocycles. The number of likely N-dealkylation sites (tertiary alicyclic amines) is 1. The Morgan fingerprint density at radius 2 is 1.78 bits per heavy atom. The Bertz CT molecular complexity index is 2040. The molecule has 0 bridgehead atoms. The van der Waals surface area contributed by atoms with Gasteiger partial charge in [0.05, 0.1) is 29.4 Å². The highest BCUT2D eigenvalue weighted by molar-refractivity contribution is 7.91. The summed E-state index contributed by atoms with van der Waals surface area (Å²) >= 11 is 0. The van der Waals surface area contributed by atoms with Crippen molar-refractivity contribution in [2.75, 3.05) is 13.7 Å². The second kappa shape index (κ2) is 17.0. The van der Waals surface area contributed by atoms with Crippen molar-refractivity contribution >= 4 is 44.9 Å². The van der Waals surface area contributed by atoms with Crippen molar-refractivity contribution in [3.63, 3.8) is 0 Å². The number of fused-ring (bicyclic) bond motifs is 1. The van der Waals surface area contributed by atoms with Crippen LogP contribution in [0.1, 0.15) is 111 Å². The van der Waals surface area contributed by atoms with Gasteiger partial charge in [0.1, 0.15) is 35.2 Å². The van der Waals surface area contributed by atoms with E-state index in [4.69, 9.17) is 19.4 Å². The van der Waals surface area contributed by atoms with Crippen molar-refractivity contribution < 1.29 is 51.0 Å². The number of nitrogens with one attached hydrogen (secondary N) is 3. The van der Waals surface area contributed by atoms with Crippen molar-refractivity contribution in [1.82, 2.24) is 30.2 Å². The fourth-order valence-electron chi connectivity index (χ4n) is 8.27. The first-order valence-electron chi connectivity index (χ1n) is 20.7. The van der Waals surface area contributed by atoms with Crippen LogP contribution in [0.25, 0.3) is 11.0 Å². The highest BCUT2D eigenvalue weighted by Gasteiger charge is 2.65. The second-order valence-electron chi connectivity index (χ2n) is 18.2. The van der Waals surface area contributed by atoms with E-state index in [0.29, 0.717) is 41.7 Å². The molecule has 4 aliphatic rings. The van der Waals surface area contributed by atoms with Gasteiger partial charge >= 0.3 is 6.09 Å². The molecule has 4 N–H and O–H groups in total. The van der Waals surface area contributed by atoms with E-state index in [1.165, 1.54) is 38.2 Å². The number of halogens is 2. The van der Waals surface area contributed by atoms with Crippen LogP contribution >= 0.6 is 0 Å². The van der Waals surface area contributed by atoms with Gasteiger partial charge in [-0.05, 0) is 74.8 Å². The third kappa shape index (κ3) is 9.83. The first-order valence-corrected chi connectivity index (χ1v) is 22.2. The molecule has 0 radical (unpaired) electrons. The van der Waals surface area contributed by atoms with Crippen LogP contribution in [0.2, 0.25) is 0 Å². The predicted octanol–water partition coefficient (Wildman–Crippen LogP) is 5.35. The number of alkyl halides is 2. The third-order valence-corrected chi connectivity index (χ3v) is 14.7. The van der Waals surface area contributed by atoms with Gasteiger partial charge in [0, 0.05) is 18.4 Å². The maximum atomic E-state index is 14.7. The molecule has 4 fully saturated rings. The molecule has 15 nitrogen and oxygen atoms in total. The van der Waals surface area contributed by atoms with Crippen LogP contribution in [0.4, 0.5) is 13.6 Å². The summed E-state index contributed by atoms with van der Waals surface area (Å²) in [7, 11) is -2.67. The number of sulfonamides is 1. The number of ether oxygens (including phenoxy) is 2. The summed E-state index contributed by atoms with van der Waals surface area (Å²) < 4.78 is 66.8. The van der Waals surface area contributed by atoms with Crippen LogP contribution in [-0.4, -0.2) is 101 Å². The molecule has 1 aromatic heterocycles. The van der Waals surface area contributed by atoms with E-state index in [2.05, 4.69) is 15.4 Å². The van der Waals surface area contributed by atoms with E-state index in [1.54, 1.807) is 45.9 Å². The molecule has 18 heteroatoms. The molecular weight excluding hydrogens is 791 g/mol. The molecule has 4 amide bonds. The van der Waals surface area contributed by atoms with Crippen molar-refractivity contribution in [3.8, 4) is 11.6 Å². The van der Waals surface area contributed by atoms with Gasteiger partial charge in [-0.2, -0.15) is 0 Å². The monoisotopic (exact) mass is 848 g/mol. The molecule has 59 heavy (non-hydrogen) atoms. The number of rotatable bonds is 19. The maximum Gasteiger partial charge on any atom is 0.405 e. The Kier molecular flexibility index (Phi) is 12.7. The number of carbonyl (C=O) groups is 4. The highest BCUT2D eigenvalue weighted by Crippen LogP contribution is 2.49. The number of aryl methyl sites for hydroxylation is 1. The summed E-state index contributed by atoms with van der Waals surface area (Å²) in [5.41, 5.74) is -1.26. The normalized spacial score (nSPS) is 25.3. The zero-order chi connectivity index (χ0) is 43.1. The zero-order valence-corrected chi connectivity index (χ0v) is 35.5. The molecule has 2 heterocycles. The number of amides is 4. The molecule has 326 valence electrons. The first-order chi connectivity index (χ1) is 27.7. The second-order valence-corrected chi connectivity index (χ2v) is 20.4. The fourth-order valence-corrected chi connectivity index (χ4v) is 9.58. The summed E-state index contributed by atoms with van der Waals surface area (Å²) in [5.74, 6) is -3.04. The van der Waals surface area contributed by atoms with E-state index in [1.807, 2.05) is 0 Å².